The molecule has 1 aliphatic heterocycles. The quantitative estimate of drug-likeness (QED) is 0.410. The van der Waals surface area contributed by atoms with Gasteiger partial charge in [0.15, 0.2) is 5.16 Å². The molecule has 1 unspecified atom stereocenters. The van der Waals surface area contributed by atoms with Crippen LogP contribution in [0.3, 0.4) is 0 Å². The highest BCUT2D eigenvalue weighted by Gasteiger charge is 2.32. The Kier molecular flexibility index (Phi) is 5.58. The predicted octanol–water partition coefficient (Wildman–Crippen LogP) is 2.97. The van der Waals surface area contributed by atoms with Gasteiger partial charge in [-0.2, -0.15) is 0 Å². The number of aromatic nitrogens is 3. The van der Waals surface area contributed by atoms with Crippen LogP contribution in [0, 0.1) is 10.1 Å². The lowest BCUT2D eigenvalue weighted by atomic mass is 10.2. The van der Waals surface area contributed by atoms with E-state index in [9.17, 15) is 14.9 Å². The van der Waals surface area contributed by atoms with Gasteiger partial charge < -0.3 is 14.6 Å². The van der Waals surface area contributed by atoms with Gasteiger partial charge >= 0.3 is 0 Å². The van der Waals surface area contributed by atoms with Crippen LogP contribution in [0.25, 0.3) is 0 Å². The second kappa shape index (κ2) is 8.27. The van der Waals surface area contributed by atoms with Gasteiger partial charge in [-0.25, -0.2) is 0 Å². The molecule has 1 aromatic heterocycles. The molecule has 1 aliphatic carbocycles. The Balaban J connectivity index is 1.37. The minimum Gasteiger partial charge on any atom is -0.376 e. The van der Waals surface area contributed by atoms with Crippen LogP contribution in [0.2, 0.25) is 0 Å². The van der Waals surface area contributed by atoms with Crippen molar-refractivity contribution in [3.8, 4) is 0 Å². The standard InChI is InChI=1S/C18H21N5O4S/c24-16(19-13-5-7-14(8-6-13)23(25)26)11-28-18-21-20-17(12-3-4-12)22(18)10-15-2-1-9-27-15/h5-8,12,15H,1-4,9-11H2,(H,19,24). The number of benzene rings is 1. The van der Waals surface area contributed by atoms with Crippen molar-refractivity contribution in [2.45, 2.75) is 49.4 Å². The molecule has 28 heavy (non-hydrogen) atoms. The van der Waals surface area contributed by atoms with Crippen LogP contribution in [0.1, 0.15) is 37.4 Å². The molecular formula is C18H21N5O4S. The average molecular weight is 403 g/mol. The lowest BCUT2D eigenvalue weighted by Gasteiger charge is -2.14. The highest BCUT2D eigenvalue weighted by atomic mass is 32.2. The third-order valence-corrected chi connectivity index (χ3v) is 5.76. The molecule has 1 saturated carbocycles. The number of ether oxygens (including phenoxy) is 1. The minimum absolute atomic E-state index is 0.0118. The van der Waals surface area contributed by atoms with E-state index in [1.54, 1.807) is 0 Å². The molecule has 2 aromatic rings. The summed E-state index contributed by atoms with van der Waals surface area (Å²) in [7, 11) is 0. The summed E-state index contributed by atoms with van der Waals surface area (Å²) in [4.78, 5) is 22.5. The van der Waals surface area contributed by atoms with Crippen molar-refractivity contribution >= 4 is 29.0 Å². The number of thioether (sulfide) groups is 1. The number of rotatable bonds is 8. The first-order valence-electron chi connectivity index (χ1n) is 9.32. The zero-order chi connectivity index (χ0) is 19.5. The Bertz CT molecular complexity index is 859. The normalized spacial score (nSPS) is 18.9. The van der Waals surface area contributed by atoms with Crippen molar-refractivity contribution in [1.82, 2.24) is 14.8 Å². The molecule has 1 aromatic carbocycles. The third kappa shape index (κ3) is 4.50. The molecule has 4 rings (SSSR count). The molecule has 1 saturated heterocycles. The summed E-state index contributed by atoms with van der Waals surface area (Å²) < 4.78 is 7.86. The average Bonchev–Trinajstić information content (AvgIpc) is 3.24. The molecule has 0 spiro atoms. The summed E-state index contributed by atoms with van der Waals surface area (Å²) in [6, 6.07) is 5.77. The Hall–Kier alpha value is -2.46. The zero-order valence-electron chi connectivity index (χ0n) is 15.2. The maximum absolute atomic E-state index is 12.3. The number of amides is 1. The Morgan fingerprint density at radius 3 is 2.71 bits per heavy atom. The minimum atomic E-state index is -0.472. The van der Waals surface area contributed by atoms with Crippen LogP contribution < -0.4 is 5.32 Å². The summed E-state index contributed by atoms with van der Waals surface area (Å²) >= 11 is 1.35. The Morgan fingerprint density at radius 2 is 2.07 bits per heavy atom. The van der Waals surface area contributed by atoms with Crippen LogP contribution in [0.4, 0.5) is 11.4 Å². The fraction of sp³-hybridized carbons (Fsp3) is 0.500. The molecule has 1 N–H and O–H groups in total. The second-order valence-electron chi connectivity index (χ2n) is 7.00. The summed E-state index contributed by atoms with van der Waals surface area (Å²) in [6.07, 6.45) is 4.56. The Morgan fingerprint density at radius 1 is 1.29 bits per heavy atom. The van der Waals surface area contributed by atoms with E-state index in [-0.39, 0.29) is 23.5 Å². The zero-order valence-corrected chi connectivity index (χ0v) is 16.1. The predicted molar refractivity (Wildman–Crippen MR) is 103 cm³/mol. The van der Waals surface area contributed by atoms with Gasteiger partial charge in [0.05, 0.1) is 23.3 Å². The van der Waals surface area contributed by atoms with Crippen LogP contribution in [-0.2, 0) is 16.1 Å². The van der Waals surface area contributed by atoms with Gasteiger partial charge in [-0.05, 0) is 37.8 Å². The number of carbonyl (C=O) groups is 1. The lowest BCUT2D eigenvalue weighted by Crippen LogP contribution is -2.19. The highest BCUT2D eigenvalue weighted by Crippen LogP contribution is 2.40. The smallest absolute Gasteiger partial charge is 0.269 e. The van der Waals surface area contributed by atoms with Crippen molar-refractivity contribution in [2.24, 2.45) is 0 Å². The number of carbonyl (C=O) groups excluding carboxylic acids is 1. The first-order chi connectivity index (χ1) is 13.6. The molecule has 9 nitrogen and oxygen atoms in total. The largest absolute Gasteiger partial charge is 0.376 e. The first-order valence-corrected chi connectivity index (χ1v) is 10.3. The summed E-state index contributed by atoms with van der Waals surface area (Å²) in [6.45, 7) is 1.52. The van der Waals surface area contributed by atoms with Gasteiger partial charge in [0, 0.05) is 30.3 Å². The fourth-order valence-electron chi connectivity index (χ4n) is 3.21. The number of hydrogen-bond donors (Lipinski definition) is 1. The molecule has 2 heterocycles. The second-order valence-corrected chi connectivity index (χ2v) is 7.94. The van der Waals surface area contributed by atoms with Gasteiger partial charge in [-0.1, -0.05) is 11.8 Å². The lowest BCUT2D eigenvalue weighted by molar-refractivity contribution is -0.384. The van der Waals surface area contributed by atoms with Crippen LogP contribution in [0.5, 0.6) is 0 Å². The number of non-ortho nitro benzene ring substituents is 1. The van der Waals surface area contributed by atoms with E-state index in [2.05, 4.69) is 20.1 Å². The van der Waals surface area contributed by atoms with Gasteiger partial charge in [0.2, 0.25) is 5.91 Å². The number of nitro groups is 1. The highest BCUT2D eigenvalue weighted by molar-refractivity contribution is 7.99. The summed E-state index contributed by atoms with van der Waals surface area (Å²) in [5.74, 6) is 1.45. The monoisotopic (exact) mass is 403 g/mol. The topological polar surface area (TPSA) is 112 Å². The van der Waals surface area contributed by atoms with Gasteiger partial charge in [-0.15, -0.1) is 10.2 Å². The summed E-state index contributed by atoms with van der Waals surface area (Å²) in [5.41, 5.74) is 0.512. The number of hydrogen-bond acceptors (Lipinski definition) is 7. The van der Waals surface area contributed by atoms with Crippen LogP contribution >= 0.6 is 11.8 Å². The Labute approximate surface area is 166 Å². The van der Waals surface area contributed by atoms with Crippen molar-refractivity contribution < 1.29 is 14.5 Å². The van der Waals surface area contributed by atoms with E-state index in [1.807, 2.05) is 0 Å². The number of nitrogens with one attached hydrogen (secondary N) is 1. The van der Waals surface area contributed by atoms with Crippen molar-refractivity contribution in [3.05, 3.63) is 40.2 Å². The molecular weight excluding hydrogens is 382 g/mol. The van der Waals surface area contributed by atoms with E-state index >= 15 is 0 Å². The van der Waals surface area contributed by atoms with E-state index in [1.165, 1.54) is 36.0 Å². The van der Waals surface area contributed by atoms with Gasteiger partial charge in [0.1, 0.15) is 5.82 Å². The third-order valence-electron chi connectivity index (χ3n) is 4.79. The van der Waals surface area contributed by atoms with E-state index in [0.717, 1.165) is 49.8 Å². The maximum Gasteiger partial charge on any atom is 0.269 e. The van der Waals surface area contributed by atoms with Crippen molar-refractivity contribution in [1.29, 1.82) is 0 Å². The van der Waals surface area contributed by atoms with Gasteiger partial charge in [0.25, 0.3) is 5.69 Å². The van der Waals surface area contributed by atoms with Crippen LogP contribution in [0.15, 0.2) is 29.4 Å². The molecule has 0 radical (unpaired) electrons. The number of nitro benzene ring substituents is 1. The van der Waals surface area contributed by atoms with Gasteiger partial charge in [-0.3, -0.25) is 14.9 Å². The van der Waals surface area contributed by atoms with E-state index < -0.39 is 4.92 Å². The van der Waals surface area contributed by atoms with Crippen molar-refractivity contribution in [2.75, 3.05) is 17.7 Å². The van der Waals surface area contributed by atoms with E-state index in [0.29, 0.717) is 11.6 Å². The maximum atomic E-state index is 12.3. The summed E-state index contributed by atoms with van der Waals surface area (Å²) in [5, 5.41) is 22.8. The van der Waals surface area contributed by atoms with Crippen LogP contribution in [-0.4, -0.2) is 44.1 Å². The van der Waals surface area contributed by atoms with E-state index in [4.69, 9.17) is 4.74 Å². The number of nitrogens with zero attached hydrogens (tertiary/aromatic N) is 4. The molecule has 148 valence electrons. The fourth-order valence-corrected chi connectivity index (χ4v) is 3.96. The molecule has 1 amide bonds. The number of anilines is 1. The first kappa shape index (κ1) is 18.9. The molecule has 0 bridgehead atoms. The van der Waals surface area contributed by atoms with Crippen molar-refractivity contribution in [3.63, 3.8) is 0 Å². The molecule has 2 fully saturated rings. The molecule has 2 aliphatic rings. The SMILES string of the molecule is O=C(CSc1nnc(C2CC2)n1CC1CCCO1)Nc1ccc([N+](=O)[O-])cc1. The molecule has 10 heteroatoms. The molecule has 1 atom stereocenters.